The van der Waals surface area contributed by atoms with E-state index in [1.165, 1.54) is 0 Å². The summed E-state index contributed by atoms with van der Waals surface area (Å²) >= 11 is 3.50. The van der Waals surface area contributed by atoms with E-state index in [4.69, 9.17) is 9.47 Å². The van der Waals surface area contributed by atoms with Crippen LogP contribution in [0, 0.1) is 0 Å². The van der Waals surface area contributed by atoms with Gasteiger partial charge in [-0.15, -0.1) is 0 Å². The number of anilines is 1. The Balaban J connectivity index is 1.66. The predicted octanol–water partition coefficient (Wildman–Crippen LogP) is 2.58. The van der Waals surface area contributed by atoms with Crippen LogP contribution in [-0.4, -0.2) is 55.3 Å². The fourth-order valence-electron chi connectivity index (χ4n) is 2.85. The van der Waals surface area contributed by atoms with Crippen molar-refractivity contribution in [3.63, 3.8) is 0 Å². The van der Waals surface area contributed by atoms with Crippen molar-refractivity contribution < 1.29 is 9.47 Å². The van der Waals surface area contributed by atoms with Gasteiger partial charge < -0.3 is 14.4 Å². The first-order valence-electron chi connectivity index (χ1n) is 7.86. The molecular formula is C17H21BrN4O2. The summed E-state index contributed by atoms with van der Waals surface area (Å²) in [4.78, 5) is 13.3. The summed E-state index contributed by atoms with van der Waals surface area (Å²) in [6.07, 6.45) is 3.57. The molecule has 0 spiro atoms. The van der Waals surface area contributed by atoms with Crippen molar-refractivity contribution >= 4 is 21.9 Å². The molecule has 0 aliphatic carbocycles. The number of methoxy groups -OCH3 is 2. The van der Waals surface area contributed by atoms with E-state index >= 15 is 0 Å². The molecule has 1 aromatic carbocycles. The maximum Gasteiger partial charge on any atom is 0.225 e. The van der Waals surface area contributed by atoms with Crippen LogP contribution in [0.15, 0.2) is 35.1 Å². The lowest BCUT2D eigenvalue weighted by Crippen LogP contribution is -2.46. The van der Waals surface area contributed by atoms with Crippen LogP contribution in [-0.2, 0) is 6.54 Å². The van der Waals surface area contributed by atoms with Gasteiger partial charge in [0.25, 0.3) is 0 Å². The molecule has 0 unspecified atom stereocenters. The number of rotatable bonds is 5. The number of hydrogen-bond acceptors (Lipinski definition) is 6. The lowest BCUT2D eigenvalue weighted by atomic mass is 10.1. The average Bonchev–Trinajstić information content (AvgIpc) is 2.64. The monoisotopic (exact) mass is 392 g/mol. The number of piperazine rings is 1. The van der Waals surface area contributed by atoms with Gasteiger partial charge in [-0.1, -0.05) is 0 Å². The minimum Gasteiger partial charge on any atom is -0.496 e. The first-order valence-corrected chi connectivity index (χ1v) is 8.65. The molecule has 0 N–H and O–H groups in total. The van der Waals surface area contributed by atoms with Crippen molar-refractivity contribution in [1.82, 2.24) is 14.9 Å². The Morgan fingerprint density at radius 1 is 1.00 bits per heavy atom. The molecule has 1 aliphatic heterocycles. The van der Waals surface area contributed by atoms with E-state index < -0.39 is 0 Å². The van der Waals surface area contributed by atoms with Crippen molar-refractivity contribution in [2.75, 3.05) is 45.3 Å². The zero-order valence-electron chi connectivity index (χ0n) is 13.9. The molecule has 3 rings (SSSR count). The number of ether oxygens (including phenoxy) is 2. The average molecular weight is 393 g/mol. The van der Waals surface area contributed by atoms with Crippen LogP contribution in [0.4, 0.5) is 5.95 Å². The molecule has 2 aromatic rings. The summed E-state index contributed by atoms with van der Waals surface area (Å²) in [5.41, 5.74) is 1.13. The van der Waals surface area contributed by atoms with Gasteiger partial charge in [-0.25, -0.2) is 9.97 Å². The summed E-state index contributed by atoms with van der Waals surface area (Å²) < 4.78 is 11.8. The summed E-state index contributed by atoms with van der Waals surface area (Å²) in [5, 5.41) is 0. The van der Waals surface area contributed by atoms with E-state index in [-0.39, 0.29) is 0 Å². The maximum absolute atomic E-state index is 5.52. The summed E-state index contributed by atoms with van der Waals surface area (Å²) in [6, 6.07) is 5.84. The highest BCUT2D eigenvalue weighted by Crippen LogP contribution is 2.33. The van der Waals surface area contributed by atoms with Gasteiger partial charge in [0.15, 0.2) is 0 Å². The highest BCUT2D eigenvalue weighted by Gasteiger charge is 2.20. The van der Waals surface area contributed by atoms with Gasteiger partial charge in [0, 0.05) is 50.7 Å². The minimum atomic E-state index is 0.806. The Morgan fingerprint density at radius 3 is 2.29 bits per heavy atom. The molecule has 0 radical (unpaired) electrons. The van der Waals surface area contributed by atoms with Gasteiger partial charge in [-0.2, -0.15) is 0 Å². The molecule has 2 heterocycles. The first kappa shape index (κ1) is 17.0. The van der Waals surface area contributed by atoms with Gasteiger partial charge in [0.05, 0.1) is 18.7 Å². The summed E-state index contributed by atoms with van der Waals surface area (Å²) in [6.45, 7) is 4.58. The number of nitrogens with zero attached hydrogens (tertiary/aromatic N) is 4. The van der Waals surface area contributed by atoms with Crippen LogP contribution in [0.1, 0.15) is 5.56 Å². The van der Waals surface area contributed by atoms with Crippen LogP contribution < -0.4 is 14.4 Å². The van der Waals surface area contributed by atoms with Crippen LogP contribution in [0.25, 0.3) is 0 Å². The van der Waals surface area contributed by atoms with Gasteiger partial charge in [-0.3, -0.25) is 4.90 Å². The van der Waals surface area contributed by atoms with Gasteiger partial charge in [-0.05, 0) is 34.1 Å². The predicted molar refractivity (Wildman–Crippen MR) is 96.8 cm³/mol. The third kappa shape index (κ3) is 3.79. The minimum absolute atomic E-state index is 0.806. The molecule has 0 saturated carbocycles. The highest BCUT2D eigenvalue weighted by molar-refractivity contribution is 9.10. The Hall–Kier alpha value is -1.86. The fourth-order valence-corrected chi connectivity index (χ4v) is 3.33. The SMILES string of the molecule is COc1cc(CN2CCN(c3ncccn3)CC2)c(OC)cc1Br. The number of halogens is 1. The fraction of sp³-hybridized carbons (Fsp3) is 0.412. The third-order valence-electron chi connectivity index (χ3n) is 4.16. The molecular weight excluding hydrogens is 372 g/mol. The van der Waals surface area contributed by atoms with Crippen molar-refractivity contribution in [3.8, 4) is 11.5 Å². The van der Waals surface area contributed by atoms with E-state index in [1.807, 2.05) is 18.2 Å². The molecule has 24 heavy (non-hydrogen) atoms. The molecule has 1 saturated heterocycles. The Morgan fingerprint density at radius 2 is 1.67 bits per heavy atom. The van der Waals surface area contributed by atoms with Crippen molar-refractivity contribution in [1.29, 1.82) is 0 Å². The lowest BCUT2D eigenvalue weighted by molar-refractivity contribution is 0.244. The van der Waals surface area contributed by atoms with Crippen molar-refractivity contribution in [2.24, 2.45) is 0 Å². The zero-order chi connectivity index (χ0) is 16.9. The molecule has 7 heteroatoms. The summed E-state index contributed by atoms with van der Waals surface area (Å²) in [5.74, 6) is 2.50. The quantitative estimate of drug-likeness (QED) is 0.779. The molecule has 1 fully saturated rings. The third-order valence-corrected chi connectivity index (χ3v) is 4.78. The maximum atomic E-state index is 5.52. The van der Waals surface area contributed by atoms with E-state index in [9.17, 15) is 0 Å². The normalized spacial score (nSPS) is 15.4. The topological polar surface area (TPSA) is 50.7 Å². The zero-order valence-corrected chi connectivity index (χ0v) is 15.5. The van der Waals surface area contributed by atoms with Crippen LogP contribution in [0.3, 0.4) is 0 Å². The van der Waals surface area contributed by atoms with E-state index in [2.05, 4.69) is 35.7 Å². The van der Waals surface area contributed by atoms with Gasteiger partial charge >= 0.3 is 0 Å². The second-order valence-corrected chi connectivity index (χ2v) is 6.46. The van der Waals surface area contributed by atoms with Crippen LogP contribution in [0.5, 0.6) is 11.5 Å². The van der Waals surface area contributed by atoms with E-state index in [0.717, 1.165) is 60.2 Å². The molecule has 1 aliphatic rings. The standard InChI is InChI=1S/C17H21BrN4O2/c1-23-15-11-14(18)16(24-2)10-13(15)12-21-6-8-22(9-7-21)17-19-4-3-5-20-17/h3-5,10-11H,6-9,12H2,1-2H3. The lowest BCUT2D eigenvalue weighted by Gasteiger charge is -2.34. The Kier molecular flexibility index (Phi) is 5.52. The van der Waals surface area contributed by atoms with Crippen molar-refractivity contribution in [3.05, 3.63) is 40.6 Å². The number of aromatic nitrogens is 2. The van der Waals surface area contributed by atoms with E-state index in [1.54, 1.807) is 26.6 Å². The van der Waals surface area contributed by atoms with E-state index in [0.29, 0.717) is 0 Å². The van der Waals surface area contributed by atoms with Gasteiger partial charge in [0.1, 0.15) is 11.5 Å². The Labute approximate surface area is 150 Å². The van der Waals surface area contributed by atoms with Crippen molar-refractivity contribution in [2.45, 2.75) is 6.54 Å². The molecule has 6 nitrogen and oxygen atoms in total. The van der Waals surface area contributed by atoms with Gasteiger partial charge in [0.2, 0.25) is 5.95 Å². The largest absolute Gasteiger partial charge is 0.496 e. The second-order valence-electron chi connectivity index (χ2n) is 5.61. The Bertz CT molecular complexity index is 676. The molecule has 0 amide bonds. The molecule has 0 bridgehead atoms. The first-order chi connectivity index (χ1) is 11.7. The summed E-state index contributed by atoms with van der Waals surface area (Å²) in [7, 11) is 3.37. The molecule has 0 atom stereocenters. The van der Waals surface area contributed by atoms with Crippen LogP contribution >= 0.6 is 15.9 Å². The second kappa shape index (κ2) is 7.81. The molecule has 1 aromatic heterocycles. The number of hydrogen-bond donors (Lipinski definition) is 0. The van der Waals surface area contributed by atoms with Crippen LogP contribution in [0.2, 0.25) is 0 Å². The number of benzene rings is 1. The smallest absolute Gasteiger partial charge is 0.225 e. The highest BCUT2D eigenvalue weighted by atomic mass is 79.9. The molecule has 128 valence electrons.